The smallest absolute Gasteiger partial charge is 0.411 e. The number of aromatic nitrogens is 2. The number of carbonyl (C=O) groups is 1. The SMILES string of the molecule is Cc1nnc(-c2ccc(N3CCCC(NC4(OC(=O)C(C(F)(F)F)C(F)(F)F)CCCCC4N)C3)cc2)o1. The number of carbonyl (C=O) groups excluding carboxylic acids is 1. The molecule has 1 saturated heterocycles. The molecule has 210 valence electrons. The number of nitrogens with one attached hydrogen (secondary N) is 1. The predicted octanol–water partition coefficient (Wildman–Crippen LogP) is 4.49. The molecular weight excluding hydrogens is 520 g/mol. The molecule has 8 nitrogen and oxygen atoms in total. The Balaban J connectivity index is 1.50. The van der Waals surface area contributed by atoms with Gasteiger partial charge in [0.2, 0.25) is 17.7 Å². The maximum atomic E-state index is 13.2. The molecule has 1 aliphatic carbocycles. The van der Waals surface area contributed by atoms with Gasteiger partial charge >= 0.3 is 18.3 Å². The van der Waals surface area contributed by atoms with Gasteiger partial charge in [0, 0.05) is 43.7 Å². The average Bonchev–Trinajstić information content (AvgIpc) is 3.25. The summed E-state index contributed by atoms with van der Waals surface area (Å²) in [5.74, 6) is -5.83. The van der Waals surface area contributed by atoms with Crippen molar-refractivity contribution in [2.45, 2.75) is 75.6 Å². The van der Waals surface area contributed by atoms with Crippen LogP contribution in [0.4, 0.5) is 32.0 Å². The Hall–Kier alpha value is -2.87. The maximum absolute atomic E-state index is 13.2. The fourth-order valence-corrected chi connectivity index (χ4v) is 5.10. The number of esters is 1. The van der Waals surface area contributed by atoms with Gasteiger partial charge in [0.05, 0.1) is 6.04 Å². The minimum absolute atomic E-state index is 0.0110. The summed E-state index contributed by atoms with van der Waals surface area (Å²) in [6.45, 7) is 2.74. The number of ether oxygens (including phenoxy) is 1. The molecule has 2 fully saturated rings. The highest BCUT2D eigenvalue weighted by atomic mass is 19.4. The lowest BCUT2D eigenvalue weighted by atomic mass is 9.85. The number of alkyl halides is 6. The maximum Gasteiger partial charge on any atom is 0.411 e. The van der Waals surface area contributed by atoms with E-state index in [9.17, 15) is 31.1 Å². The first-order valence-electron chi connectivity index (χ1n) is 12.3. The number of hydrogen-bond acceptors (Lipinski definition) is 8. The van der Waals surface area contributed by atoms with E-state index in [1.807, 2.05) is 29.2 Å². The number of piperidine rings is 1. The first kappa shape index (κ1) is 28.1. The lowest BCUT2D eigenvalue weighted by Crippen LogP contribution is -2.67. The first-order valence-corrected chi connectivity index (χ1v) is 12.3. The number of halogens is 6. The van der Waals surface area contributed by atoms with Crippen LogP contribution in [0.15, 0.2) is 28.7 Å². The van der Waals surface area contributed by atoms with E-state index >= 15 is 0 Å². The molecule has 2 heterocycles. The Labute approximate surface area is 214 Å². The number of hydrogen-bond donors (Lipinski definition) is 2. The van der Waals surface area contributed by atoms with Crippen molar-refractivity contribution >= 4 is 11.7 Å². The van der Waals surface area contributed by atoms with Crippen LogP contribution in [-0.4, -0.2) is 59.4 Å². The molecule has 0 amide bonds. The molecule has 0 bridgehead atoms. The Morgan fingerprint density at radius 2 is 1.79 bits per heavy atom. The highest BCUT2D eigenvalue weighted by Gasteiger charge is 2.63. The molecule has 0 radical (unpaired) electrons. The van der Waals surface area contributed by atoms with Crippen molar-refractivity contribution in [2.24, 2.45) is 11.7 Å². The fraction of sp³-hybridized carbons (Fsp3) is 0.625. The molecule has 1 saturated carbocycles. The van der Waals surface area contributed by atoms with Crippen molar-refractivity contribution in [3.63, 3.8) is 0 Å². The van der Waals surface area contributed by atoms with E-state index in [-0.39, 0.29) is 12.8 Å². The topological polar surface area (TPSA) is 107 Å². The molecular formula is C24H29F6N5O3. The van der Waals surface area contributed by atoms with Crippen molar-refractivity contribution in [2.75, 3.05) is 18.0 Å². The van der Waals surface area contributed by atoms with Crippen molar-refractivity contribution in [3.05, 3.63) is 30.2 Å². The fourth-order valence-electron chi connectivity index (χ4n) is 5.10. The highest BCUT2D eigenvalue weighted by Crippen LogP contribution is 2.42. The van der Waals surface area contributed by atoms with Crippen LogP contribution in [0.5, 0.6) is 0 Å². The number of rotatable bonds is 6. The molecule has 4 rings (SSSR count). The minimum Gasteiger partial charge on any atom is -0.441 e. The third-order valence-corrected chi connectivity index (χ3v) is 6.96. The largest absolute Gasteiger partial charge is 0.441 e. The number of nitrogens with two attached hydrogens (primary N) is 1. The summed E-state index contributed by atoms with van der Waals surface area (Å²) in [5, 5.41) is 10.9. The van der Waals surface area contributed by atoms with E-state index in [2.05, 4.69) is 15.5 Å². The van der Waals surface area contributed by atoms with E-state index in [0.29, 0.717) is 50.6 Å². The molecule has 2 aliphatic rings. The summed E-state index contributed by atoms with van der Waals surface area (Å²) in [6, 6.07) is 5.99. The monoisotopic (exact) mass is 549 g/mol. The van der Waals surface area contributed by atoms with Crippen molar-refractivity contribution < 1.29 is 40.3 Å². The Morgan fingerprint density at radius 1 is 1.11 bits per heavy atom. The average molecular weight is 550 g/mol. The molecule has 0 spiro atoms. The van der Waals surface area contributed by atoms with Gasteiger partial charge in [-0.2, -0.15) is 26.3 Å². The van der Waals surface area contributed by atoms with E-state index in [0.717, 1.165) is 11.3 Å². The van der Waals surface area contributed by atoms with E-state index in [4.69, 9.17) is 14.9 Å². The van der Waals surface area contributed by atoms with Crippen LogP contribution in [0, 0.1) is 12.8 Å². The summed E-state index contributed by atoms with van der Waals surface area (Å²) in [7, 11) is 0. The normalized spacial score (nSPS) is 25.0. The van der Waals surface area contributed by atoms with Crippen LogP contribution < -0.4 is 16.0 Å². The number of aryl methyl sites for hydroxylation is 1. The number of anilines is 1. The summed E-state index contributed by atoms with van der Waals surface area (Å²) in [5.41, 5.74) is 5.92. The standard InChI is InChI=1S/C24H29F6N5O3/c1-14-33-34-20(37-14)15-7-9-17(10-8-15)35-12-4-5-16(13-35)32-22(11-3-2-6-18(22)31)38-21(36)19(23(25,26)27)24(28,29)30/h7-10,16,18-19,32H,2-6,11-13,31H2,1H3. The van der Waals surface area contributed by atoms with Gasteiger partial charge in [-0.05, 0) is 49.9 Å². The third kappa shape index (κ3) is 6.22. The molecule has 3 atom stereocenters. The summed E-state index contributed by atoms with van der Waals surface area (Å²) in [6.07, 6.45) is -9.07. The van der Waals surface area contributed by atoms with Gasteiger partial charge < -0.3 is 19.8 Å². The molecule has 2 aromatic rings. The van der Waals surface area contributed by atoms with Crippen LogP contribution >= 0.6 is 0 Å². The Morgan fingerprint density at radius 3 is 2.37 bits per heavy atom. The van der Waals surface area contributed by atoms with E-state index in [1.54, 1.807) is 6.92 Å². The summed E-state index contributed by atoms with van der Waals surface area (Å²) in [4.78, 5) is 14.4. The second kappa shape index (κ2) is 10.7. The van der Waals surface area contributed by atoms with Gasteiger partial charge in [0.15, 0.2) is 5.72 Å². The minimum atomic E-state index is -5.84. The van der Waals surface area contributed by atoms with Gasteiger partial charge in [-0.15, -0.1) is 10.2 Å². The molecule has 1 aromatic heterocycles. The molecule has 1 aromatic carbocycles. The van der Waals surface area contributed by atoms with Gasteiger partial charge in [-0.3, -0.25) is 10.1 Å². The molecule has 1 aliphatic heterocycles. The molecule has 3 N–H and O–H groups in total. The zero-order valence-electron chi connectivity index (χ0n) is 20.6. The first-order chi connectivity index (χ1) is 17.8. The van der Waals surface area contributed by atoms with Crippen molar-refractivity contribution in [3.8, 4) is 11.5 Å². The van der Waals surface area contributed by atoms with Crippen molar-refractivity contribution in [1.82, 2.24) is 15.5 Å². The van der Waals surface area contributed by atoms with Crippen molar-refractivity contribution in [1.29, 1.82) is 0 Å². The van der Waals surface area contributed by atoms with Crippen LogP contribution in [0.3, 0.4) is 0 Å². The zero-order chi connectivity index (χ0) is 27.7. The highest BCUT2D eigenvalue weighted by molar-refractivity contribution is 5.75. The number of nitrogens with zero attached hydrogens (tertiary/aromatic N) is 3. The molecule has 38 heavy (non-hydrogen) atoms. The number of benzene rings is 1. The lowest BCUT2D eigenvalue weighted by Gasteiger charge is -2.47. The summed E-state index contributed by atoms with van der Waals surface area (Å²) < 4.78 is 89.6. The van der Waals surface area contributed by atoms with E-state index < -0.39 is 42.0 Å². The third-order valence-electron chi connectivity index (χ3n) is 6.96. The second-order valence-corrected chi connectivity index (χ2v) is 9.78. The van der Waals surface area contributed by atoms with Crippen LogP contribution in [-0.2, 0) is 9.53 Å². The van der Waals surface area contributed by atoms with Crippen LogP contribution in [0.2, 0.25) is 0 Å². The molecule has 14 heteroatoms. The zero-order valence-corrected chi connectivity index (χ0v) is 20.6. The van der Waals surface area contributed by atoms with Gasteiger partial charge in [0.1, 0.15) is 0 Å². The predicted molar refractivity (Wildman–Crippen MR) is 124 cm³/mol. The van der Waals surface area contributed by atoms with Crippen LogP contribution in [0.1, 0.15) is 44.4 Å². The van der Waals surface area contributed by atoms with Gasteiger partial charge in [-0.25, -0.2) is 0 Å². The van der Waals surface area contributed by atoms with Gasteiger partial charge in [0.25, 0.3) is 0 Å². The Bertz CT molecular complexity index is 1090. The summed E-state index contributed by atoms with van der Waals surface area (Å²) >= 11 is 0. The van der Waals surface area contributed by atoms with Crippen LogP contribution in [0.25, 0.3) is 11.5 Å². The second-order valence-electron chi connectivity index (χ2n) is 9.78. The lowest BCUT2D eigenvalue weighted by molar-refractivity contribution is -0.287. The van der Waals surface area contributed by atoms with E-state index in [1.165, 1.54) is 0 Å². The Kier molecular flexibility index (Phi) is 7.94. The van der Waals surface area contributed by atoms with Gasteiger partial charge in [-0.1, -0.05) is 6.42 Å². The quantitative estimate of drug-likeness (QED) is 0.309. The molecule has 3 unspecified atom stereocenters.